The monoisotopic (exact) mass is 387 g/mol. The van der Waals surface area contributed by atoms with Crippen LogP contribution >= 0.6 is 0 Å². The van der Waals surface area contributed by atoms with Crippen molar-refractivity contribution in [2.45, 2.75) is 45.5 Å². The van der Waals surface area contributed by atoms with Gasteiger partial charge in [-0.2, -0.15) is 13.2 Å². The summed E-state index contributed by atoms with van der Waals surface area (Å²) in [5, 5.41) is 6.36. The van der Waals surface area contributed by atoms with Crippen LogP contribution in [-0.4, -0.2) is 60.8 Å². The highest BCUT2D eigenvalue weighted by atomic mass is 19.4. The van der Waals surface area contributed by atoms with Crippen LogP contribution in [0.25, 0.3) is 0 Å². The third-order valence-corrected chi connectivity index (χ3v) is 4.03. The number of aromatic nitrogens is 1. The van der Waals surface area contributed by atoms with E-state index in [4.69, 9.17) is 4.74 Å². The highest BCUT2D eigenvalue weighted by molar-refractivity contribution is 5.80. The van der Waals surface area contributed by atoms with Gasteiger partial charge in [-0.25, -0.2) is 9.98 Å². The molecule has 1 aromatic heterocycles. The van der Waals surface area contributed by atoms with Crippen molar-refractivity contribution in [2.24, 2.45) is 4.99 Å². The number of rotatable bonds is 8. The lowest BCUT2D eigenvalue weighted by Crippen LogP contribution is -2.45. The Morgan fingerprint density at radius 3 is 2.81 bits per heavy atom. The van der Waals surface area contributed by atoms with E-state index in [1.807, 2.05) is 26.0 Å². The summed E-state index contributed by atoms with van der Waals surface area (Å²) in [4.78, 5) is 10.2. The predicted molar refractivity (Wildman–Crippen MR) is 98.9 cm³/mol. The van der Waals surface area contributed by atoms with Crippen LogP contribution in [0.1, 0.15) is 32.3 Å². The van der Waals surface area contributed by atoms with Gasteiger partial charge in [0.05, 0.1) is 19.7 Å². The summed E-state index contributed by atoms with van der Waals surface area (Å²) >= 11 is 0. The fraction of sp³-hybridized carbons (Fsp3) is 0.667. The lowest BCUT2D eigenvalue weighted by Gasteiger charge is -2.19. The minimum atomic E-state index is -4.16. The molecule has 0 amide bonds. The first-order valence-corrected chi connectivity index (χ1v) is 9.31. The Balaban J connectivity index is 1.87. The quantitative estimate of drug-likeness (QED) is 0.530. The van der Waals surface area contributed by atoms with E-state index in [0.29, 0.717) is 51.0 Å². The third kappa shape index (κ3) is 8.03. The molecule has 2 N–H and O–H groups in total. The Bertz CT molecular complexity index is 592. The predicted octanol–water partition coefficient (Wildman–Crippen LogP) is 2.56. The number of hydrogen-bond donors (Lipinski definition) is 2. The Labute approximate surface area is 158 Å². The zero-order chi connectivity index (χ0) is 19.7. The maximum Gasteiger partial charge on any atom is 0.401 e. The van der Waals surface area contributed by atoms with Crippen molar-refractivity contribution in [3.8, 4) is 5.88 Å². The average Bonchev–Trinajstić information content (AvgIpc) is 3.04. The molecule has 1 atom stereocenters. The Morgan fingerprint density at radius 2 is 2.19 bits per heavy atom. The van der Waals surface area contributed by atoms with E-state index in [2.05, 4.69) is 20.6 Å². The average molecular weight is 387 g/mol. The highest BCUT2D eigenvalue weighted by Crippen LogP contribution is 2.20. The van der Waals surface area contributed by atoms with E-state index in [1.165, 1.54) is 4.90 Å². The molecule has 2 rings (SSSR count). The smallest absolute Gasteiger partial charge is 0.401 e. The van der Waals surface area contributed by atoms with Crippen molar-refractivity contribution in [3.05, 3.63) is 23.9 Å². The van der Waals surface area contributed by atoms with Gasteiger partial charge in [0.25, 0.3) is 0 Å². The summed E-state index contributed by atoms with van der Waals surface area (Å²) in [6.45, 7) is 5.63. The summed E-state index contributed by atoms with van der Waals surface area (Å²) in [5.74, 6) is 1.19. The molecule has 0 radical (unpaired) electrons. The van der Waals surface area contributed by atoms with E-state index in [0.717, 1.165) is 12.0 Å². The van der Waals surface area contributed by atoms with Gasteiger partial charge in [-0.1, -0.05) is 13.0 Å². The molecule has 152 valence electrons. The molecule has 1 aromatic rings. The van der Waals surface area contributed by atoms with Gasteiger partial charge < -0.3 is 15.4 Å². The molecular weight excluding hydrogens is 359 g/mol. The topological polar surface area (TPSA) is 61.8 Å². The van der Waals surface area contributed by atoms with E-state index in [-0.39, 0.29) is 6.04 Å². The molecule has 1 unspecified atom stereocenters. The maximum absolute atomic E-state index is 12.5. The van der Waals surface area contributed by atoms with Crippen LogP contribution in [0.4, 0.5) is 13.2 Å². The largest absolute Gasteiger partial charge is 0.478 e. The number of pyridine rings is 1. The van der Waals surface area contributed by atoms with Crippen LogP contribution in [0.5, 0.6) is 5.88 Å². The summed E-state index contributed by atoms with van der Waals surface area (Å²) in [7, 11) is 0. The first kappa shape index (κ1) is 21.3. The number of alkyl halides is 3. The molecule has 1 aliphatic rings. The van der Waals surface area contributed by atoms with Crippen LogP contribution in [-0.2, 0) is 6.54 Å². The second-order valence-corrected chi connectivity index (χ2v) is 6.53. The molecule has 2 heterocycles. The number of nitrogens with zero attached hydrogens (tertiary/aromatic N) is 3. The molecule has 1 aliphatic heterocycles. The second kappa shape index (κ2) is 10.3. The highest BCUT2D eigenvalue weighted by Gasteiger charge is 2.34. The van der Waals surface area contributed by atoms with E-state index in [9.17, 15) is 13.2 Å². The minimum absolute atomic E-state index is 0.0481. The van der Waals surface area contributed by atoms with Gasteiger partial charge in [-0.05, 0) is 25.3 Å². The number of halogens is 3. The van der Waals surface area contributed by atoms with Crippen LogP contribution in [0.15, 0.2) is 23.3 Å². The molecule has 0 aromatic carbocycles. The molecule has 0 saturated carbocycles. The Hall–Kier alpha value is -2.03. The van der Waals surface area contributed by atoms with Crippen LogP contribution in [0.3, 0.4) is 0 Å². The van der Waals surface area contributed by atoms with Crippen LogP contribution in [0, 0.1) is 0 Å². The van der Waals surface area contributed by atoms with Gasteiger partial charge in [0.2, 0.25) is 5.88 Å². The lowest BCUT2D eigenvalue weighted by atomic mass is 10.2. The fourth-order valence-corrected chi connectivity index (χ4v) is 2.83. The molecule has 1 saturated heterocycles. The number of likely N-dealkylation sites (tertiary alicyclic amines) is 1. The molecule has 9 heteroatoms. The van der Waals surface area contributed by atoms with Crippen LogP contribution in [0.2, 0.25) is 0 Å². The van der Waals surface area contributed by atoms with Crippen molar-refractivity contribution >= 4 is 5.96 Å². The molecule has 0 spiro atoms. The fourth-order valence-electron chi connectivity index (χ4n) is 2.83. The Morgan fingerprint density at radius 1 is 1.37 bits per heavy atom. The zero-order valence-electron chi connectivity index (χ0n) is 15.9. The lowest BCUT2D eigenvalue weighted by molar-refractivity contribution is -0.143. The molecular formula is C18H28F3N5O. The maximum atomic E-state index is 12.5. The number of ether oxygens (including phenoxy) is 1. The SMILES string of the molecule is CCCOc1ccc(CN=C(NCC)NC2CCN(CC(F)(F)F)C2)cn1. The summed E-state index contributed by atoms with van der Waals surface area (Å²) in [6, 6.07) is 3.67. The molecule has 27 heavy (non-hydrogen) atoms. The summed E-state index contributed by atoms with van der Waals surface area (Å²) in [6.07, 6.45) is -0.856. The summed E-state index contributed by atoms with van der Waals surface area (Å²) < 4.78 is 43.0. The van der Waals surface area contributed by atoms with Gasteiger partial charge in [0.15, 0.2) is 5.96 Å². The first-order valence-electron chi connectivity index (χ1n) is 9.31. The molecule has 1 fully saturated rings. The second-order valence-electron chi connectivity index (χ2n) is 6.53. The van der Waals surface area contributed by atoms with Gasteiger partial charge in [-0.15, -0.1) is 0 Å². The van der Waals surface area contributed by atoms with Crippen molar-refractivity contribution in [2.75, 3.05) is 32.8 Å². The van der Waals surface area contributed by atoms with E-state index < -0.39 is 12.7 Å². The van der Waals surface area contributed by atoms with E-state index in [1.54, 1.807) is 6.20 Å². The number of aliphatic imine (C=N–C) groups is 1. The molecule has 0 aliphatic carbocycles. The zero-order valence-corrected chi connectivity index (χ0v) is 15.9. The van der Waals surface area contributed by atoms with Crippen molar-refractivity contribution < 1.29 is 17.9 Å². The normalized spacial score (nSPS) is 18.6. The Kier molecular flexibility index (Phi) is 8.15. The minimum Gasteiger partial charge on any atom is -0.478 e. The molecule has 0 bridgehead atoms. The number of hydrogen-bond acceptors (Lipinski definition) is 4. The number of nitrogens with one attached hydrogen (secondary N) is 2. The van der Waals surface area contributed by atoms with Gasteiger partial charge in [0.1, 0.15) is 0 Å². The first-order chi connectivity index (χ1) is 12.9. The molecule has 6 nitrogen and oxygen atoms in total. The number of guanidine groups is 1. The summed E-state index contributed by atoms with van der Waals surface area (Å²) in [5.41, 5.74) is 0.932. The van der Waals surface area contributed by atoms with Crippen molar-refractivity contribution in [1.82, 2.24) is 20.5 Å². The van der Waals surface area contributed by atoms with Gasteiger partial charge >= 0.3 is 6.18 Å². The van der Waals surface area contributed by atoms with Crippen molar-refractivity contribution in [3.63, 3.8) is 0 Å². The van der Waals surface area contributed by atoms with E-state index >= 15 is 0 Å². The standard InChI is InChI=1S/C18H28F3N5O/c1-3-9-27-16-6-5-14(10-23-16)11-24-17(22-4-2)25-15-7-8-26(12-15)13-18(19,20)21/h5-6,10,15H,3-4,7-9,11-13H2,1-2H3,(H2,22,24,25). The van der Waals surface area contributed by atoms with Crippen LogP contribution < -0.4 is 15.4 Å². The van der Waals surface area contributed by atoms with Gasteiger partial charge in [-0.3, -0.25) is 4.90 Å². The van der Waals surface area contributed by atoms with Crippen molar-refractivity contribution in [1.29, 1.82) is 0 Å². The third-order valence-electron chi connectivity index (χ3n) is 4.03. The van der Waals surface area contributed by atoms with Gasteiger partial charge in [0, 0.05) is 37.9 Å².